The minimum absolute atomic E-state index is 0.160. The van der Waals surface area contributed by atoms with E-state index in [9.17, 15) is 19.2 Å². The van der Waals surface area contributed by atoms with Crippen LogP contribution in [0.4, 0.5) is 0 Å². The molecule has 0 aliphatic heterocycles. The van der Waals surface area contributed by atoms with Crippen molar-refractivity contribution in [2.45, 2.75) is 32.9 Å². The fraction of sp³-hybridized carbons (Fsp3) is 0.412. The Kier molecular flexibility index (Phi) is 5.74. The van der Waals surface area contributed by atoms with Gasteiger partial charge in [0.1, 0.15) is 12.6 Å². The molecule has 0 aliphatic carbocycles. The number of nitrogens with zero attached hydrogens (tertiary/aromatic N) is 1. The van der Waals surface area contributed by atoms with Crippen LogP contribution in [0.15, 0.2) is 33.9 Å². The molecule has 8 nitrogen and oxygen atoms in total. The summed E-state index contributed by atoms with van der Waals surface area (Å²) in [5.41, 5.74) is -0.946. The van der Waals surface area contributed by atoms with Crippen LogP contribution in [0.25, 0.3) is 10.8 Å². The molecule has 1 atom stereocenters. The predicted octanol–water partition coefficient (Wildman–Crippen LogP) is 0.394. The normalized spacial score (nSPS) is 12.2. The van der Waals surface area contributed by atoms with E-state index in [-0.39, 0.29) is 16.7 Å². The van der Waals surface area contributed by atoms with E-state index in [1.807, 2.05) is 13.8 Å². The number of nitrogens with one attached hydrogen (secondary N) is 2. The molecule has 2 aromatic rings. The zero-order valence-electron chi connectivity index (χ0n) is 14.4. The van der Waals surface area contributed by atoms with Gasteiger partial charge in [0.25, 0.3) is 11.1 Å². The van der Waals surface area contributed by atoms with Gasteiger partial charge in [-0.3, -0.25) is 19.5 Å². The molecule has 1 heterocycles. The number of benzene rings is 1. The summed E-state index contributed by atoms with van der Waals surface area (Å²) in [4.78, 5) is 48.4. The molecule has 0 radical (unpaired) electrons. The number of carbonyl (C=O) groups is 2. The first kappa shape index (κ1) is 18.4. The number of hydrogen-bond donors (Lipinski definition) is 2. The Morgan fingerprint density at radius 3 is 2.44 bits per heavy atom. The maximum Gasteiger partial charge on any atom is 0.328 e. The second kappa shape index (κ2) is 7.78. The summed E-state index contributed by atoms with van der Waals surface area (Å²) in [7, 11) is 1.24. The minimum Gasteiger partial charge on any atom is -0.467 e. The number of ether oxygens (including phenoxy) is 1. The lowest BCUT2D eigenvalue weighted by Crippen LogP contribution is -2.45. The van der Waals surface area contributed by atoms with E-state index in [1.165, 1.54) is 19.2 Å². The Labute approximate surface area is 143 Å². The molecule has 0 aliphatic rings. The number of methoxy groups -OCH3 is 1. The second-order valence-electron chi connectivity index (χ2n) is 6.15. The lowest BCUT2D eigenvalue weighted by Gasteiger charge is -2.18. The number of H-pyrrole nitrogens is 1. The number of aromatic nitrogens is 2. The Hall–Kier alpha value is -2.90. The van der Waals surface area contributed by atoms with Crippen LogP contribution in [-0.2, 0) is 20.9 Å². The first-order chi connectivity index (χ1) is 11.8. The standard InChI is InChI=1S/C17H21N3O5/c1-10(2)8-13(17(24)25-3)18-14(21)9-20-16(23)12-7-5-4-6-11(12)15(22)19-20/h4-7,10,13H,8-9H2,1-3H3,(H,18,21)(H,19,22). The molecular formula is C17H21N3O5. The van der Waals surface area contributed by atoms with Crippen LogP contribution in [0.2, 0.25) is 0 Å². The van der Waals surface area contributed by atoms with Gasteiger partial charge in [-0.1, -0.05) is 26.0 Å². The van der Waals surface area contributed by atoms with Crippen LogP contribution >= 0.6 is 0 Å². The molecule has 2 rings (SSSR count). The second-order valence-corrected chi connectivity index (χ2v) is 6.15. The van der Waals surface area contributed by atoms with E-state index >= 15 is 0 Å². The van der Waals surface area contributed by atoms with Crippen LogP contribution in [0.3, 0.4) is 0 Å². The molecule has 8 heteroatoms. The van der Waals surface area contributed by atoms with Gasteiger partial charge in [0.05, 0.1) is 17.9 Å². The number of esters is 1. The fourth-order valence-electron chi connectivity index (χ4n) is 2.57. The first-order valence-corrected chi connectivity index (χ1v) is 7.92. The third kappa shape index (κ3) is 4.34. The highest BCUT2D eigenvalue weighted by atomic mass is 16.5. The van der Waals surface area contributed by atoms with Gasteiger partial charge in [0.2, 0.25) is 5.91 Å². The molecule has 2 N–H and O–H groups in total. The van der Waals surface area contributed by atoms with Gasteiger partial charge >= 0.3 is 5.97 Å². The molecule has 0 saturated heterocycles. The van der Waals surface area contributed by atoms with Crippen molar-refractivity contribution >= 4 is 22.6 Å². The highest BCUT2D eigenvalue weighted by Gasteiger charge is 2.23. The lowest BCUT2D eigenvalue weighted by atomic mass is 10.0. The summed E-state index contributed by atoms with van der Waals surface area (Å²) < 4.78 is 5.62. The molecule has 1 unspecified atom stereocenters. The number of carbonyl (C=O) groups excluding carboxylic acids is 2. The van der Waals surface area contributed by atoms with Gasteiger partial charge in [-0.25, -0.2) is 9.48 Å². The topological polar surface area (TPSA) is 110 Å². The van der Waals surface area contributed by atoms with Gasteiger partial charge in [0, 0.05) is 0 Å². The molecule has 25 heavy (non-hydrogen) atoms. The third-order valence-corrected chi connectivity index (χ3v) is 3.71. The largest absolute Gasteiger partial charge is 0.467 e. The molecule has 0 spiro atoms. The molecule has 0 fully saturated rings. The number of rotatable bonds is 6. The van der Waals surface area contributed by atoms with E-state index in [0.29, 0.717) is 6.42 Å². The summed E-state index contributed by atoms with van der Waals surface area (Å²) in [6, 6.07) is 5.55. The summed E-state index contributed by atoms with van der Waals surface area (Å²) in [5.74, 6) is -0.960. The van der Waals surface area contributed by atoms with E-state index < -0.39 is 35.6 Å². The fourth-order valence-corrected chi connectivity index (χ4v) is 2.57. The predicted molar refractivity (Wildman–Crippen MR) is 92.2 cm³/mol. The van der Waals surface area contributed by atoms with Crippen molar-refractivity contribution in [3.05, 3.63) is 45.0 Å². The van der Waals surface area contributed by atoms with Crippen LogP contribution in [0.5, 0.6) is 0 Å². The highest BCUT2D eigenvalue weighted by Crippen LogP contribution is 2.06. The minimum atomic E-state index is -0.805. The van der Waals surface area contributed by atoms with Crippen LogP contribution < -0.4 is 16.4 Å². The van der Waals surface area contributed by atoms with Crippen molar-refractivity contribution in [2.75, 3.05) is 7.11 Å². The Morgan fingerprint density at radius 1 is 1.20 bits per heavy atom. The lowest BCUT2D eigenvalue weighted by molar-refractivity contribution is -0.145. The number of aromatic amines is 1. The van der Waals surface area contributed by atoms with Crippen molar-refractivity contribution in [3.63, 3.8) is 0 Å². The maximum atomic E-state index is 12.4. The average Bonchev–Trinajstić information content (AvgIpc) is 2.57. The Bertz CT molecular complexity index is 897. The van der Waals surface area contributed by atoms with E-state index in [0.717, 1.165) is 4.68 Å². The molecule has 134 valence electrons. The zero-order valence-corrected chi connectivity index (χ0v) is 14.4. The Morgan fingerprint density at radius 2 is 1.84 bits per heavy atom. The molecule has 1 aromatic carbocycles. The van der Waals surface area contributed by atoms with Crippen molar-refractivity contribution in [1.29, 1.82) is 0 Å². The molecule has 1 amide bonds. The van der Waals surface area contributed by atoms with E-state index in [1.54, 1.807) is 12.1 Å². The van der Waals surface area contributed by atoms with Gasteiger partial charge in [-0.2, -0.15) is 0 Å². The maximum absolute atomic E-state index is 12.4. The van der Waals surface area contributed by atoms with Crippen molar-refractivity contribution in [2.24, 2.45) is 5.92 Å². The van der Waals surface area contributed by atoms with Crippen LogP contribution in [0, 0.1) is 5.92 Å². The number of amides is 1. The summed E-state index contributed by atoms with van der Waals surface area (Å²) in [6.45, 7) is 3.42. The van der Waals surface area contributed by atoms with E-state index in [4.69, 9.17) is 0 Å². The monoisotopic (exact) mass is 347 g/mol. The van der Waals surface area contributed by atoms with Crippen LogP contribution in [0.1, 0.15) is 20.3 Å². The highest BCUT2D eigenvalue weighted by molar-refractivity contribution is 5.84. The first-order valence-electron chi connectivity index (χ1n) is 7.92. The van der Waals surface area contributed by atoms with Crippen molar-refractivity contribution in [3.8, 4) is 0 Å². The summed E-state index contributed by atoms with van der Waals surface area (Å²) >= 11 is 0. The van der Waals surface area contributed by atoms with Crippen molar-refractivity contribution in [1.82, 2.24) is 15.1 Å². The number of hydrogen-bond acceptors (Lipinski definition) is 5. The Balaban J connectivity index is 2.24. The van der Waals surface area contributed by atoms with Gasteiger partial charge in [-0.15, -0.1) is 0 Å². The van der Waals surface area contributed by atoms with Gasteiger partial charge in [0.15, 0.2) is 0 Å². The SMILES string of the molecule is COC(=O)C(CC(C)C)NC(=O)Cn1[nH]c(=O)c2ccccc2c1=O. The third-order valence-electron chi connectivity index (χ3n) is 3.71. The number of fused-ring (bicyclic) bond motifs is 1. The quantitative estimate of drug-likeness (QED) is 0.735. The van der Waals surface area contributed by atoms with E-state index in [2.05, 4.69) is 15.2 Å². The molecule has 1 aromatic heterocycles. The molecule has 0 saturated carbocycles. The molecular weight excluding hydrogens is 326 g/mol. The van der Waals surface area contributed by atoms with Crippen molar-refractivity contribution < 1.29 is 14.3 Å². The zero-order chi connectivity index (χ0) is 18.6. The average molecular weight is 347 g/mol. The van der Waals surface area contributed by atoms with Gasteiger partial charge in [-0.05, 0) is 24.5 Å². The summed E-state index contributed by atoms with van der Waals surface area (Å²) in [6.07, 6.45) is 0.404. The van der Waals surface area contributed by atoms with Gasteiger partial charge < -0.3 is 10.1 Å². The molecule has 0 bridgehead atoms. The summed E-state index contributed by atoms with van der Waals surface area (Å²) in [5, 5.41) is 5.41. The smallest absolute Gasteiger partial charge is 0.328 e. The van der Waals surface area contributed by atoms with Crippen LogP contribution in [-0.4, -0.2) is 34.8 Å².